The highest BCUT2D eigenvalue weighted by Crippen LogP contribution is 2.40. The molecule has 6 nitrogen and oxygen atoms in total. The molecule has 4 aromatic rings. The van der Waals surface area contributed by atoms with Gasteiger partial charge in [-0.15, -0.1) is 0 Å². The molecule has 0 radical (unpaired) electrons. The van der Waals surface area contributed by atoms with Gasteiger partial charge in [-0.1, -0.05) is 54.6 Å². The summed E-state index contributed by atoms with van der Waals surface area (Å²) in [6.07, 6.45) is 0.153. The normalized spacial score (nSPS) is 11.5. The SMILES string of the molecule is CC(Oc1c(O)c(C=O)cc2ccccc12)c1cccc(NC(=O)Nc2ccccc2)c1. The molecule has 0 spiro atoms. The molecule has 0 aliphatic carbocycles. The Hall–Kier alpha value is -4.32. The van der Waals surface area contributed by atoms with E-state index >= 15 is 0 Å². The molecule has 0 bridgehead atoms. The van der Waals surface area contributed by atoms with E-state index in [0.29, 0.717) is 23.0 Å². The number of aromatic hydroxyl groups is 1. The predicted molar refractivity (Wildman–Crippen MR) is 126 cm³/mol. The summed E-state index contributed by atoms with van der Waals surface area (Å²) in [5.74, 6) is 0.0555. The molecule has 32 heavy (non-hydrogen) atoms. The van der Waals surface area contributed by atoms with Crippen LogP contribution in [0.3, 0.4) is 0 Å². The van der Waals surface area contributed by atoms with E-state index in [4.69, 9.17) is 4.74 Å². The number of phenols is 1. The van der Waals surface area contributed by atoms with Crippen LogP contribution in [0.1, 0.15) is 28.9 Å². The van der Waals surface area contributed by atoms with Gasteiger partial charge in [0.2, 0.25) is 0 Å². The molecule has 4 rings (SSSR count). The fourth-order valence-electron chi connectivity index (χ4n) is 3.46. The Labute approximate surface area is 185 Å². The number of rotatable bonds is 6. The molecule has 2 amide bonds. The predicted octanol–water partition coefficient (Wildman–Crippen LogP) is 6.14. The minimum absolute atomic E-state index is 0.166. The highest BCUT2D eigenvalue weighted by Gasteiger charge is 2.17. The third kappa shape index (κ3) is 4.54. The summed E-state index contributed by atoms with van der Waals surface area (Å²) in [6.45, 7) is 1.84. The van der Waals surface area contributed by atoms with Crippen LogP contribution in [0.25, 0.3) is 10.8 Å². The van der Waals surface area contributed by atoms with Gasteiger partial charge in [-0.2, -0.15) is 0 Å². The number of amides is 2. The van der Waals surface area contributed by atoms with Crippen molar-refractivity contribution in [1.29, 1.82) is 0 Å². The number of carbonyl (C=O) groups excluding carboxylic acids is 2. The number of fused-ring (bicyclic) bond motifs is 1. The third-order valence-corrected chi connectivity index (χ3v) is 5.07. The van der Waals surface area contributed by atoms with Crippen LogP contribution in [0.2, 0.25) is 0 Å². The molecule has 3 N–H and O–H groups in total. The summed E-state index contributed by atoms with van der Waals surface area (Å²) >= 11 is 0. The summed E-state index contributed by atoms with van der Waals surface area (Å²) in [4.78, 5) is 23.7. The Balaban J connectivity index is 1.55. The van der Waals surface area contributed by atoms with Crippen LogP contribution in [0.5, 0.6) is 11.5 Å². The zero-order chi connectivity index (χ0) is 22.5. The second kappa shape index (κ2) is 9.22. The van der Waals surface area contributed by atoms with Gasteiger partial charge >= 0.3 is 6.03 Å². The summed E-state index contributed by atoms with van der Waals surface area (Å²) in [7, 11) is 0. The Kier molecular flexibility index (Phi) is 6.03. The van der Waals surface area contributed by atoms with Crippen molar-refractivity contribution < 1.29 is 19.4 Å². The number of para-hydroxylation sites is 1. The minimum Gasteiger partial charge on any atom is -0.504 e. The maximum Gasteiger partial charge on any atom is 0.323 e. The van der Waals surface area contributed by atoms with Gasteiger partial charge in [-0.3, -0.25) is 4.79 Å². The largest absolute Gasteiger partial charge is 0.504 e. The van der Waals surface area contributed by atoms with E-state index in [-0.39, 0.29) is 23.1 Å². The average Bonchev–Trinajstić information content (AvgIpc) is 2.81. The van der Waals surface area contributed by atoms with Gasteiger partial charge in [0, 0.05) is 16.8 Å². The lowest BCUT2D eigenvalue weighted by Crippen LogP contribution is -2.19. The summed E-state index contributed by atoms with van der Waals surface area (Å²) in [6, 6.07) is 25.1. The van der Waals surface area contributed by atoms with Crippen LogP contribution in [0, 0.1) is 0 Å². The fourth-order valence-corrected chi connectivity index (χ4v) is 3.46. The van der Waals surface area contributed by atoms with Gasteiger partial charge in [-0.25, -0.2) is 4.79 Å². The van der Waals surface area contributed by atoms with Crippen LogP contribution >= 0.6 is 0 Å². The molecule has 0 saturated carbocycles. The number of anilines is 2. The summed E-state index contributed by atoms with van der Waals surface area (Å²) in [5.41, 5.74) is 2.25. The molecule has 1 unspecified atom stereocenters. The van der Waals surface area contributed by atoms with E-state index in [1.807, 2.05) is 61.5 Å². The number of hydrogen-bond donors (Lipinski definition) is 3. The second-order valence-corrected chi connectivity index (χ2v) is 7.31. The number of benzene rings is 4. The number of ether oxygens (including phenoxy) is 1. The van der Waals surface area contributed by atoms with Crippen molar-refractivity contribution in [2.45, 2.75) is 13.0 Å². The van der Waals surface area contributed by atoms with Crippen molar-refractivity contribution in [2.75, 3.05) is 10.6 Å². The maximum atomic E-state index is 12.3. The van der Waals surface area contributed by atoms with E-state index in [1.165, 1.54) is 0 Å². The topological polar surface area (TPSA) is 87.7 Å². The Morgan fingerprint density at radius 3 is 2.38 bits per heavy atom. The molecule has 160 valence electrons. The second-order valence-electron chi connectivity index (χ2n) is 7.31. The van der Waals surface area contributed by atoms with Crippen LogP contribution in [0.15, 0.2) is 84.9 Å². The van der Waals surface area contributed by atoms with Gasteiger partial charge in [0.05, 0.1) is 5.56 Å². The van der Waals surface area contributed by atoms with Crippen molar-refractivity contribution in [3.05, 3.63) is 96.1 Å². The molecule has 0 fully saturated rings. The van der Waals surface area contributed by atoms with Crippen molar-refractivity contribution in [2.24, 2.45) is 0 Å². The Bertz CT molecular complexity index is 1270. The maximum absolute atomic E-state index is 12.3. The molecular formula is C26H22N2O4. The standard InChI is InChI=1S/C26H22N2O4/c1-17(32-25-23-13-6-5-8-19(23)14-20(16-29)24(25)30)18-9-7-12-22(15-18)28-26(31)27-21-10-3-2-4-11-21/h2-17,30H,1H3,(H2,27,28,31). The van der Waals surface area contributed by atoms with Gasteiger partial charge in [0.15, 0.2) is 17.8 Å². The van der Waals surface area contributed by atoms with E-state index in [9.17, 15) is 14.7 Å². The van der Waals surface area contributed by atoms with Crippen molar-refractivity contribution in [1.82, 2.24) is 0 Å². The highest BCUT2D eigenvalue weighted by molar-refractivity contribution is 6.00. The van der Waals surface area contributed by atoms with Crippen molar-refractivity contribution in [3.63, 3.8) is 0 Å². The Morgan fingerprint density at radius 1 is 0.906 bits per heavy atom. The van der Waals surface area contributed by atoms with Gasteiger partial charge in [0.1, 0.15) is 6.10 Å². The molecule has 6 heteroatoms. The monoisotopic (exact) mass is 426 g/mol. The first kappa shape index (κ1) is 20.9. The first-order chi connectivity index (χ1) is 15.5. The highest BCUT2D eigenvalue weighted by atomic mass is 16.5. The smallest absolute Gasteiger partial charge is 0.323 e. The molecular weight excluding hydrogens is 404 g/mol. The lowest BCUT2D eigenvalue weighted by molar-refractivity contribution is 0.111. The average molecular weight is 426 g/mol. The fraction of sp³-hybridized carbons (Fsp3) is 0.0769. The lowest BCUT2D eigenvalue weighted by atomic mass is 10.0. The van der Waals surface area contributed by atoms with E-state index in [0.717, 1.165) is 10.9 Å². The summed E-state index contributed by atoms with van der Waals surface area (Å²) in [5, 5.41) is 17.7. The van der Waals surface area contributed by atoms with E-state index in [2.05, 4.69) is 10.6 Å². The molecule has 0 aliphatic rings. The van der Waals surface area contributed by atoms with Crippen molar-refractivity contribution >= 4 is 34.5 Å². The number of urea groups is 1. The van der Waals surface area contributed by atoms with E-state index in [1.54, 1.807) is 30.3 Å². The molecule has 0 aromatic heterocycles. The van der Waals surface area contributed by atoms with Crippen LogP contribution in [0.4, 0.5) is 16.2 Å². The molecule has 1 atom stereocenters. The zero-order valence-electron chi connectivity index (χ0n) is 17.4. The number of phenolic OH excluding ortho intramolecular Hbond substituents is 1. The third-order valence-electron chi connectivity index (χ3n) is 5.07. The van der Waals surface area contributed by atoms with Crippen molar-refractivity contribution in [3.8, 4) is 11.5 Å². The number of hydrogen-bond acceptors (Lipinski definition) is 4. The molecule has 0 saturated heterocycles. The van der Waals surface area contributed by atoms with Gasteiger partial charge in [-0.05, 0) is 48.2 Å². The van der Waals surface area contributed by atoms with Crippen LogP contribution in [-0.2, 0) is 0 Å². The van der Waals surface area contributed by atoms with Gasteiger partial charge < -0.3 is 20.5 Å². The lowest BCUT2D eigenvalue weighted by Gasteiger charge is -2.19. The first-order valence-corrected chi connectivity index (χ1v) is 10.1. The Morgan fingerprint density at radius 2 is 1.59 bits per heavy atom. The number of nitrogens with one attached hydrogen (secondary N) is 2. The van der Waals surface area contributed by atoms with E-state index < -0.39 is 6.10 Å². The van der Waals surface area contributed by atoms with Crippen LogP contribution < -0.4 is 15.4 Å². The first-order valence-electron chi connectivity index (χ1n) is 10.1. The number of aldehydes is 1. The summed E-state index contributed by atoms with van der Waals surface area (Å²) < 4.78 is 6.11. The van der Waals surface area contributed by atoms with Gasteiger partial charge in [0.25, 0.3) is 0 Å². The quantitative estimate of drug-likeness (QED) is 0.323. The molecule has 0 heterocycles. The zero-order valence-corrected chi connectivity index (χ0v) is 17.4. The van der Waals surface area contributed by atoms with Crippen LogP contribution in [-0.4, -0.2) is 17.4 Å². The minimum atomic E-state index is -0.454. The molecule has 0 aliphatic heterocycles. The number of carbonyl (C=O) groups is 2. The molecule has 4 aromatic carbocycles.